The Morgan fingerprint density at radius 2 is 1.83 bits per heavy atom. The number of nitrogens with one attached hydrogen (secondary N) is 2. The van der Waals surface area contributed by atoms with Gasteiger partial charge in [-0.3, -0.25) is 4.90 Å². The van der Waals surface area contributed by atoms with E-state index in [0.717, 1.165) is 60.5 Å². The first kappa shape index (κ1) is 18.6. The largest absolute Gasteiger partial charge is 0.368 e. The van der Waals surface area contributed by atoms with Crippen molar-refractivity contribution in [3.05, 3.63) is 72.4 Å². The van der Waals surface area contributed by atoms with E-state index in [4.69, 9.17) is 5.73 Å². The highest BCUT2D eigenvalue weighted by Crippen LogP contribution is 2.26. The van der Waals surface area contributed by atoms with Crippen molar-refractivity contribution < 1.29 is 0 Å². The lowest BCUT2D eigenvalue weighted by Crippen LogP contribution is -2.38. The molecular formula is C24H26N6. The van der Waals surface area contributed by atoms with Crippen LogP contribution in [-0.4, -0.2) is 39.0 Å². The number of likely N-dealkylation sites (tertiary alicyclic amines) is 1. The van der Waals surface area contributed by atoms with Crippen molar-refractivity contribution in [2.45, 2.75) is 25.4 Å². The van der Waals surface area contributed by atoms with Crippen LogP contribution in [0.2, 0.25) is 0 Å². The second-order valence-electron chi connectivity index (χ2n) is 7.96. The number of piperidine rings is 1. The second-order valence-corrected chi connectivity index (χ2v) is 7.96. The van der Waals surface area contributed by atoms with E-state index < -0.39 is 0 Å². The molecule has 1 aliphatic rings. The van der Waals surface area contributed by atoms with Crippen LogP contribution in [0.15, 0.2) is 66.9 Å². The third-order valence-corrected chi connectivity index (χ3v) is 5.78. The van der Waals surface area contributed by atoms with Crippen molar-refractivity contribution in [1.82, 2.24) is 19.9 Å². The number of aromatic amines is 1. The molecule has 0 unspecified atom stereocenters. The lowest BCUT2D eigenvalue weighted by Gasteiger charge is -2.32. The number of aromatic nitrogens is 3. The normalized spacial score (nSPS) is 15.5. The Kier molecular flexibility index (Phi) is 5.07. The average Bonchev–Trinajstić information content (AvgIpc) is 3.23. The first-order valence-electron chi connectivity index (χ1n) is 10.5. The molecule has 152 valence electrons. The molecule has 6 nitrogen and oxygen atoms in total. The van der Waals surface area contributed by atoms with Gasteiger partial charge in [-0.1, -0.05) is 36.4 Å². The summed E-state index contributed by atoms with van der Waals surface area (Å²) in [5.74, 6) is 1.10. The molecule has 0 atom stereocenters. The third kappa shape index (κ3) is 4.14. The predicted molar refractivity (Wildman–Crippen MR) is 122 cm³/mol. The number of benzene rings is 2. The van der Waals surface area contributed by atoms with Crippen molar-refractivity contribution in [2.75, 3.05) is 24.1 Å². The number of nitrogens with zero attached hydrogens (tertiary/aromatic N) is 3. The van der Waals surface area contributed by atoms with E-state index >= 15 is 0 Å². The van der Waals surface area contributed by atoms with E-state index in [1.807, 2.05) is 12.3 Å². The number of nitrogen functional groups attached to an aromatic ring is 1. The van der Waals surface area contributed by atoms with Gasteiger partial charge < -0.3 is 16.0 Å². The van der Waals surface area contributed by atoms with Crippen molar-refractivity contribution in [3.63, 3.8) is 0 Å². The minimum atomic E-state index is 0.297. The summed E-state index contributed by atoms with van der Waals surface area (Å²) < 4.78 is 0. The molecule has 4 aromatic rings. The quantitative estimate of drug-likeness (QED) is 0.467. The van der Waals surface area contributed by atoms with Gasteiger partial charge in [0.2, 0.25) is 5.95 Å². The zero-order valence-electron chi connectivity index (χ0n) is 16.9. The summed E-state index contributed by atoms with van der Waals surface area (Å²) in [5.41, 5.74) is 10.4. The fourth-order valence-electron chi connectivity index (χ4n) is 4.19. The van der Waals surface area contributed by atoms with E-state index in [0.29, 0.717) is 12.0 Å². The highest BCUT2D eigenvalue weighted by molar-refractivity contribution is 5.84. The second kappa shape index (κ2) is 8.16. The first-order chi connectivity index (χ1) is 14.7. The number of fused-ring (bicyclic) bond motifs is 1. The van der Waals surface area contributed by atoms with Crippen LogP contribution in [0.3, 0.4) is 0 Å². The summed E-state index contributed by atoms with van der Waals surface area (Å²) in [6, 6.07) is 21.4. The molecule has 30 heavy (non-hydrogen) atoms. The molecule has 0 saturated carbocycles. The molecule has 0 bridgehead atoms. The predicted octanol–water partition coefficient (Wildman–Crippen LogP) is 4.28. The first-order valence-corrected chi connectivity index (χ1v) is 10.5. The maximum atomic E-state index is 6.03. The number of H-pyrrole nitrogens is 1. The Hall–Kier alpha value is -3.38. The Labute approximate surface area is 176 Å². The van der Waals surface area contributed by atoms with E-state index in [-0.39, 0.29) is 0 Å². The molecule has 5 rings (SSSR count). The van der Waals surface area contributed by atoms with Gasteiger partial charge in [0, 0.05) is 54.4 Å². The van der Waals surface area contributed by atoms with Gasteiger partial charge in [0.15, 0.2) is 0 Å². The van der Waals surface area contributed by atoms with Gasteiger partial charge in [0.25, 0.3) is 0 Å². The minimum absolute atomic E-state index is 0.297. The number of hydrogen-bond acceptors (Lipinski definition) is 5. The van der Waals surface area contributed by atoms with E-state index in [9.17, 15) is 0 Å². The van der Waals surface area contributed by atoms with Gasteiger partial charge in [-0.15, -0.1) is 0 Å². The molecule has 4 N–H and O–H groups in total. The Morgan fingerprint density at radius 1 is 1.00 bits per heavy atom. The molecule has 0 aliphatic carbocycles. The van der Waals surface area contributed by atoms with Gasteiger partial charge in [0.1, 0.15) is 5.82 Å². The average molecular weight is 399 g/mol. The smallest absolute Gasteiger partial charge is 0.222 e. The van der Waals surface area contributed by atoms with Gasteiger partial charge in [0.05, 0.1) is 5.69 Å². The summed E-state index contributed by atoms with van der Waals surface area (Å²) in [4.78, 5) is 14.6. The number of anilines is 2. The van der Waals surface area contributed by atoms with Gasteiger partial charge >= 0.3 is 0 Å². The van der Waals surface area contributed by atoms with Gasteiger partial charge in [-0.25, -0.2) is 4.98 Å². The fourth-order valence-corrected chi connectivity index (χ4v) is 4.19. The third-order valence-electron chi connectivity index (χ3n) is 5.78. The molecule has 0 spiro atoms. The zero-order chi connectivity index (χ0) is 20.3. The standard InChI is InChI=1S/C24H26N6/c25-24-28-22(18-6-7-21-19(14-18)8-11-26-21)15-23(29-24)27-20-9-12-30(13-10-20)16-17-4-2-1-3-5-17/h1-8,11,14-15,20,26H,9-10,12-13,16H2,(H3,25,27,28,29). The molecule has 6 heteroatoms. The molecule has 1 saturated heterocycles. The van der Waals surface area contributed by atoms with Crippen LogP contribution in [0, 0.1) is 0 Å². The fraction of sp³-hybridized carbons (Fsp3) is 0.250. The molecule has 3 heterocycles. The molecule has 0 amide bonds. The van der Waals surface area contributed by atoms with Crippen LogP contribution in [0.4, 0.5) is 11.8 Å². The van der Waals surface area contributed by atoms with Crippen LogP contribution < -0.4 is 11.1 Å². The van der Waals surface area contributed by atoms with Gasteiger partial charge in [-0.2, -0.15) is 4.98 Å². The van der Waals surface area contributed by atoms with E-state index in [1.54, 1.807) is 0 Å². The maximum absolute atomic E-state index is 6.03. The molecule has 1 fully saturated rings. The lowest BCUT2D eigenvalue weighted by molar-refractivity contribution is 0.211. The van der Waals surface area contributed by atoms with Crippen LogP contribution in [0.25, 0.3) is 22.2 Å². The van der Waals surface area contributed by atoms with E-state index in [1.165, 1.54) is 5.56 Å². The Morgan fingerprint density at radius 3 is 2.67 bits per heavy atom. The van der Waals surface area contributed by atoms with E-state index in [2.05, 4.69) is 79.8 Å². The topological polar surface area (TPSA) is 82.9 Å². The van der Waals surface area contributed by atoms with Crippen molar-refractivity contribution in [3.8, 4) is 11.3 Å². The van der Waals surface area contributed by atoms with Crippen molar-refractivity contribution in [1.29, 1.82) is 0 Å². The zero-order valence-corrected chi connectivity index (χ0v) is 16.9. The SMILES string of the molecule is Nc1nc(NC2CCN(Cc3ccccc3)CC2)cc(-c2ccc3[nH]ccc3c2)n1. The monoisotopic (exact) mass is 398 g/mol. The highest BCUT2D eigenvalue weighted by atomic mass is 15.2. The summed E-state index contributed by atoms with van der Waals surface area (Å²) in [6.07, 6.45) is 4.11. The molecule has 1 aliphatic heterocycles. The van der Waals surface area contributed by atoms with Crippen LogP contribution in [-0.2, 0) is 6.54 Å². The highest BCUT2D eigenvalue weighted by Gasteiger charge is 2.20. The lowest BCUT2D eigenvalue weighted by atomic mass is 10.0. The van der Waals surface area contributed by atoms with Crippen LogP contribution in [0.1, 0.15) is 18.4 Å². The van der Waals surface area contributed by atoms with Crippen molar-refractivity contribution in [2.24, 2.45) is 0 Å². The summed E-state index contributed by atoms with van der Waals surface area (Å²) >= 11 is 0. The van der Waals surface area contributed by atoms with Crippen molar-refractivity contribution >= 4 is 22.7 Å². The van der Waals surface area contributed by atoms with Crippen LogP contribution >= 0.6 is 0 Å². The molecule has 2 aromatic carbocycles. The molecule has 2 aromatic heterocycles. The molecular weight excluding hydrogens is 372 g/mol. The summed E-state index contributed by atoms with van der Waals surface area (Å²) in [7, 11) is 0. The Bertz CT molecular complexity index is 1130. The molecule has 0 radical (unpaired) electrons. The minimum Gasteiger partial charge on any atom is -0.368 e. The maximum Gasteiger partial charge on any atom is 0.222 e. The summed E-state index contributed by atoms with van der Waals surface area (Å²) in [5, 5.41) is 4.74. The van der Waals surface area contributed by atoms with Gasteiger partial charge in [-0.05, 0) is 36.6 Å². The van der Waals surface area contributed by atoms with Crippen LogP contribution in [0.5, 0.6) is 0 Å². The number of rotatable bonds is 5. The Balaban J connectivity index is 1.25. The number of hydrogen-bond donors (Lipinski definition) is 3. The summed E-state index contributed by atoms with van der Waals surface area (Å²) in [6.45, 7) is 3.16. The number of nitrogens with two attached hydrogens (primary N) is 1.